The Morgan fingerprint density at radius 2 is 2.22 bits per heavy atom. The highest BCUT2D eigenvalue weighted by molar-refractivity contribution is 8.00. The number of likely N-dealkylation sites (tertiary alicyclic amines) is 1. The third kappa shape index (κ3) is 2.54. The zero-order chi connectivity index (χ0) is 13.3. The summed E-state index contributed by atoms with van der Waals surface area (Å²) >= 11 is 6.20. The van der Waals surface area contributed by atoms with Crippen molar-refractivity contribution >= 4 is 30.3 Å². The molecule has 0 aromatic carbocycles. The van der Waals surface area contributed by atoms with E-state index < -0.39 is 0 Å². The van der Waals surface area contributed by atoms with Gasteiger partial charge in [0.05, 0.1) is 11.5 Å². The molecule has 5 atom stereocenters. The SMILES string of the molecule is COC(C)C(SC)C(=O)N1C2CCCC2C[C@H]1S. The van der Waals surface area contributed by atoms with Crippen LogP contribution in [-0.2, 0) is 9.53 Å². The van der Waals surface area contributed by atoms with E-state index in [1.165, 1.54) is 12.8 Å². The van der Waals surface area contributed by atoms with Crippen molar-refractivity contribution in [2.24, 2.45) is 5.92 Å². The van der Waals surface area contributed by atoms with Gasteiger partial charge in [0.2, 0.25) is 5.91 Å². The number of amides is 1. The van der Waals surface area contributed by atoms with Crippen LogP contribution < -0.4 is 0 Å². The van der Waals surface area contributed by atoms with Gasteiger partial charge in [0.25, 0.3) is 0 Å². The van der Waals surface area contributed by atoms with Gasteiger partial charge in [0.15, 0.2) is 0 Å². The lowest BCUT2D eigenvalue weighted by Gasteiger charge is -2.32. The molecule has 0 aromatic heterocycles. The predicted molar refractivity (Wildman–Crippen MR) is 79.1 cm³/mol. The Bertz CT molecular complexity index is 313. The average molecular weight is 289 g/mol. The molecule has 0 N–H and O–H groups in total. The van der Waals surface area contributed by atoms with Crippen LogP contribution in [0.2, 0.25) is 0 Å². The molecule has 1 aliphatic carbocycles. The topological polar surface area (TPSA) is 29.5 Å². The predicted octanol–water partition coefficient (Wildman–Crippen LogP) is 2.41. The Kier molecular flexibility index (Phi) is 4.89. The molecule has 0 radical (unpaired) electrons. The van der Waals surface area contributed by atoms with E-state index in [0.717, 1.165) is 12.8 Å². The van der Waals surface area contributed by atoms with Gasteiger partial charge in [0, 0.05) is 13.2 Å². The van der Waals surface area contributed by atoms with Crippen LogP contribution in [-0.4, -0.2) is 46.9 Å². The average Bonchev–Trinajstić information content (AvgIpc) is 2.88. The fourth-order valence-corrected chi connectivity index (χ4v) is 4.71. The van der Waals surface area contributed by atoms with Crippen molar-refractivity contribution in [1.29, 1.82) is 0 Å². The summed E-state index contributed by atoms with van der Waals surface area (Å²) in [6.45, 7) is 1.97. The number of thioether (sulfide) groups is 1. The lowest BCUT2D eigenvalue weighted by molar-refractivity contribution is -0.134. The molecule has 0 aromatic rings. The number of hydrogen-bond donors (Lipinski definition) is 1. The summed E-state index contributed by atoms with van der Waals surface area (Å²) in [7, 11) is 1.67. The molecule has 104 valence electrons. The fraction of sp³-hybridized carbons (Fsp3) is 0.923. The highest BCUT2D eigenvalue weighted by atomic mass is 32.2. The summed E-state index contributed by atoms with van der Waals surface area (Å²) in [5.41, 5.74) is 0. The summed E-state index contributed by atoms with van der Waals surface area (Å²) in [6, 6.07) is 0.429. The van der Waals surface area contributed by atoms with Gasteiger partial charge in [-0.2, -0.15) is 12.6 Å². The molecular weight excluding hydrogens is 266 g/mol. The number of rotatable bonds is 4. The van der Waals surface area contributed by atoms with E-state index in [2.05, 4.69) is 12.6 Å². The highest BCUT2D eigenvalue weighted by Crippen LogP contribution is 2.43. The molecule has 2 rings (SSSR count). The molecule has 1 saturated heterocycles. The second-order valence-corrected chi connectivity index (χ2v) is 6.89. The molecule has 1 heterocycles. The minimum absolute atomic E-state index is 0.0477. The molecule has 18 heavy (non-hydrogen) atoms. The number of hydrogen-bond acceptors (Lipinski definition) is 4. The van der Waals surface area contributed by atoms with Crippen molar-refractivity contribution in [3.05, 3.63) is 0 Å². The van der Waals surface area contributed by atoms with Crippen molar-refractivity contribution in [2.45, 2.75) is 55.4 Å². The molecule has 5 heteroatoms. The molecule has 0 bridgehead atoms. The maximum absolute atomic E-state index is 12.7. The summed E-state index contributed by atoms with van der Waals surface area (Å²) < 4.78 is 5.34. The smallest absolute Gasteiger partial charge is 0.239 e. The molecular formula is C13H23NO2S2. The minimum Gasteiger partial charge on any atom is -0.380 e. The zero-order valence-corrected chi connectivity index (χ0v) is 13.0. The molecule has 1 aliphatic heterocycles. The van der Waals surface area contributed by atoms with Gasteiger partial charge in [0.1, 0.15) is 5.25 Å². The van der Waals surface area contributed by atoms with Crippen LogP contribution >= 0.6 is 24.4 Å². The van der Waals surface area contributed by atoms with Crippen LogP contribution in [0.5, 0.6) is 0 Å². The quantitative estimate of drug-likeness (QED) is 0.806. The maximum Gasteiger partial charge on any atom is 0.239 e. The first-order valence-electron chi connectivity index (χ1n) is 6.66. The van der Waals surface area contributed by atoms with E-state index in [9.17, 15) is 4.79 Å². The van der Waals surface area contributed by atoms with E-state index >= 15 is 0 Å². The van der Waals surface area contributed by atoms with Crippen LogP contribution in [0.1, 0.15) is 32.6 Å². The fourth-order valence-electron chi connectivity index (χ4n) is 3.34. The first-order chi connectivity index (χ1) is 8.60. The number of thiol groups is 1. The lowest BCUT2D eigenvalue weighted by Crippen LogP contribution is -2.47. The molecule has 2 fully saturated rings. The van der Waals surface area contributed by atoms with E-state index in [0.29, 0.717) is 12.0 Å². The number of nitrogens with zero attached hydrogens (tertiary/aromatic N) is 1. The number of carbonyl (C=O) groups excluding carboxylic acids is 1. The molecule has 3 nitrogen and oxygen atoms in total. The maximum atomic E-state index is 12.7. The summed E-state index contributed by atoms with van der Waals surface area (Å²) in [4.78, 5) is 14.7. The largest absolute Gasteiger partial charge is 0.380 e. The van der Waals surface area contributed by atoms with E-state index in [1.807, 2.05) is 18.1 Å². The Morgan fingerprint density at radius 1 is 1.50 bits per heavy atom. The Hall–Kier alpha value is 0.130. The second-order valence-electron chi connectivity index (χ2n) is 5.32. The van der Waals surface area contributed by atoms with Gasteiger partial charge in [-0.1, -0.05) is 6.42 Å². The molecule has 0 spiro atoms. The van der Waals surface area contributed by atoms with Crippen molar-refractivity contribution in [3.8, 4) is 0 Å². The van der Waals surface area contributed by atoms with Gasteiger partial charge in [-0.15, -0.1) is 11.8 Å². The van der Waals surface area contributed by atoms with Gasteiger partial charge >= 0.3 is 0 Å². The van der Waals surface area contributed by atoms with Crippen molar-refractivity contribution in [3.63, 3.8) is 0 Å². The van der Waals surface area contributed by atoms with Crippen molar-refractivity contribution < 1.29 is 9.53 Å². The van der Waals surface area contributed by atoms with Crippen molar-refractivity contribution in [2.75, 3.05) is 13.4 Å². The van der Waals surface area contributed by atoms with Gasteiger partial charge in [-0.3, -0.25) is 4.79 Å². The summed E-state index contributed by atoms with van der Waals surface area (Å²) in [5.74, 6) is 0.892. The summed E-state index contributed by atoms with van der Waals surface area (Å²) in [6.07, 6.45) is 6.65. The lowest BCUT2D eigenvalue weighted by atomic mass is 10.0. The molecule has 4 unspecified atom stereocenters. The monoisotopic (exact) mass is 289 g/mol. The van der Waals surface area contributed by atoms with E-state index in [1.54, 1.807) is 18.9 Å². The first kappa shape index (κ1) is 14.5. The third-order valence-corrected chi connectivity index (χ3v) is 5.91. The van der Waals surface area contributed by atoms with Crippen LogP contribution in [0.3, 0.4) is 0 Å². The van der Waals surface area contributed by atoms with Crippen molar-refractivity contribution in [1.82, 2.24) is 4.90 Å². The van der Waals surface area contributed by atoms with Gasteiger partial charge in [-0.05, 0) is 38.4 Å². The Balaban J connectivity index is 2.11. The zero-order valence-electron chi connectivity index (χ0n) is 11.3. The van der Waals surface area contributed by atoms with Crippen LogP contribution in [0.15, 0.2) is 0 Å². The number of methoxy groups -OCH3 is 1. The molecule has 1 amide bonds. The number of carbonyl (C=O) groups is 1. The number of fused-ring (bicyclic) bond motifs is 1. The Labute approximate surface area is 119 Å². The van der Waals surface area contributed by atoms with E-state index in [4.69, 9.17) is 4.74 Å². The van der Waals surface area contributed by atoms with E-state index in [-0.39, 0.29) is 22.6 Å². The second kappa shape index (κ2) is 6.06. The van der Waals surface area contributed by atoms with Crippen LogP contribution in [0.4, 0.5) is 0 Å². The first-order valence-corrected chi connectivity index (χ1v) is 8.46. The van der Waals surface area contributed by atoms with Gasteiger partial charge in [-0.25, -0.2) is 0 Å². The highest BCUT2D eigenvalue weighted by Gasteiger charge is 2.46. The molecule has 2 aliphatic rings. The normalized spacial score (nSPS) is 34.4. The van der Waals surface area contributed by atoms with Crippen LogP contribution in [0, 0.1) is 5.92 Å². The number of ether oxygens (including phenoxy) is 1. The minimum atomic E-state index is -0.107. The molecule has 1 saturated carbocycles. The Morgan fingerprint density at radius 3 is 2.83 bits per heavy atom. The van der Waals surface area contributed by atoms with Crippen LogP contribution in [0.25, 0.3) is 0 Å². The summed E-state index contributed by atoms with van der Waals surface area (Å²) in [5, 5.41) is -0.00416. The van der Waals surface area contributed by atoms with Gasteiger partial charge < -0.3 is 9.64 Å². The standard InChI is InChI=1S/C13H23NO2S2/c1-8(16-2)12(18-3)13(15)14-10-6-4-5-9(10)7-11(14)17/h8-12,17H,4-7H2,1-3H3/t8?,9?,10?,11-,12?/m1/s1. The third-order valence-electron chi connectivity index (χ3n) is 4.36.